The van der Waals surface area contributed by atoms with Gasteiger partial charge in [0, 0.05) is 22.5 Å². The zero-order chi connectivity index (χ0) is 10.6. The first-order valence-electron chi connectivity index (χ1n) is 4.26. The first-order valence-corrected chi connectivity index (χ1v) is 5.59. The van der Waals surface area contributed by atoms with Crippen LogP contribution in [0.1, 0.15) is 15.9 Å². The van der Waals surface area contributed by atoms with Crippen LogP contribution in [0.3, 0.4) is 0 Å². The second kappa shape index (κ2) is 5.37. The summed E-state index contributed by atoms with van der Waals surface area (Å²) < 4.78 is 0.941. The highest BCUT2D eigenvalue weighted by molar-refractivity contribution is 9.10. The summed E-state index contributed by atoms with van der Waals surface area (Å²) in [5, 5.41) is 2.72. The number of carbonyl (C=O) groups excluding carboxylic acids is 1. The predicted molar refractivity (Wildman–Crippen MR) is 61.9 cm³/mol. The monoisotopic (exact) mass is 275 g/mol. The van der Waals surface area contributed by atoms with E-state index in [1.54, 1.807) is 6.07 Å². The Kier molecular flexibility index (Phi) is 4.42. The fraction of sp³-hybridized carbons (Fsp3) is 0.300. The lowest BCUT2D eigenvalue weighted by Crippen LogP contribution is -2.25. The van der Waals surface area contributed by atoms with Crippen LogP contribution < -0.4 is 5.32 Å². The first-order chi connectivity index (χ1) is 6.66. The van der Waals surface area contributed by atoms with Crippen molar-refractivity contribution >= 4 is 33.4 Å². The van der Waals surface area contributed by atoms with Crippen molar-refractivity contribution in [2.24, 2.45) is 0 Å². The van der Waals surface area contributed by atoms with E-state index in [4.69, 9.17) is 11.6 Å². The van der Waals surface area contributed by atoms with Crippen LogP contribution in [0.4, 0.5) is 0 Å². The molecule has 1 rings (SSSR count). The van der Waals surface area contributed by atoms with Crippen LogP contribution in [-0.2, 0) is 0 Å². The SMILES string of the molecule is Cc1c(Br)cccc1C(=O)NCCCl. The van der Waals surface area contributed by atoms with Crippen LogP contribution in [0.25, 0.3) is 0 Å². The van der Waals surface area contributed by atoms with Crippen molar-refractivity contribution in [3.8, 4) is 0 Å². The Bertz CT molecular complexity index is 341. The number of alkyl halides is 1. The van der Waals surface area contributed by atoms with E-state index in [0.717, 1.165) is 10.0 Å². The lowest BCUT2D eigenvalue weighted by molar-refractivity contribution is 0.0955. The fourth-order valence-electron chi connectivity index (χ4n) is 1.11. The highest BCUT2D eigenvalue weighted by Gasteiger charge is 2.09. The number of hydrogen-bond acceptors (Lipinski definition) is 1. The van der Waals surface area contributed by atoms with Gasteiger partial charge in [0.2, 0.25) is 0 Å². The maximum absolute atomic E-state index is 11.6. The van der Waals surface area contributed by atoms with E-state index in [2.05, 4.69) is 21.2 Å². The Morgan fingerprint density at radius 1 is 1.57 bits per heavy atom. The molecular formula is C10H11BrClNO. The van der Waals surface area contributed by atoms with Gasteiger partial charge in [-0.25, -0.2) is 0 Å². The van der Waals surface area contributed by atoms with E-state index >= 15 is 0 Å². The molecule has 0 bridgehead atoms. The average Bonchev–Trinajstić information content (AvgIpc) is 2.18. The summed E-state index contributed by atoms with van der Waals surface area (Å²) in [6.07, 6.45) is 0. The van der Waals surface area contributed by atoms with E-state index in [1.807, 2.05) is 19.1 Å². The zero-order valence-corrected chi connectivity index (χ0v) is 10.2. The number of rotatable bonds is 3. The molecule has 4 heteroatoms. The van der Waals surface area contributed by atoms with Crippen molar-refractivity contribution in [2.45, 2.75) is 6.92 Å². The highest BCUT2D eigenvalue weighted by Crippen LogP contribution is 2.19. The van der Waals surface area contributed by atoms with Crippen molar-refractivity contribution in [1.82, 2.24) is 5.32 Å². The maximum atomic E-state index is 11.6. The quantitative estimate of drug-likeness (QED) is 0.845. The Morgan fingerprint density at radius 2 is 2.29 bits per heavy atom. The lowest BCUT2D eigenvalue weighted by atomic mass is 10.1. The van der Waals surface area contributed by atoms with E-state index in [1.165, 1.54) is 0 Å². The molecule has 1 N–H and O–H groups in total. The van der Waals surface area contributed by atoms with E-state index < -0.39 is 0 Å². The van der Waals surface area contributed by atoms with Crippen LogP contribution >= 0.6 is 27.5 Å². The van der Waals surface area contributed by atoms with Crippen molar-refractivity contribution in [2.75, 3.05) is 12.4 Å². The molecule has 0 aliphatic heterocycles. The summed E-state index contributed by atoms with van der Waals surface area (Å²) in [6, 6.07) is 5.55. The molecule has 0 heterocycles. The fourth-order valence-corrected chi connectivity index (χ4v) is 1.57. The van der Waals surface area contributed by atoms with Crippen LogP contribution in [0.2, 0.25) is 0 Å². The third-order valence-electron chi connectivity index (χ3n) is 1.89. The molecule has 0 saturated heterocycles. The number of carbonyl (C=O) groups is 1. The first kappa shape index (κ1) is 11.5. The van der Waals surface area contributed by atoms with Crippen molar-refractivity contribution in [3.05, 3.63) is 33.8 Å². The molecular weight excluding hydrogens is 265 g/mol. The molecule has 0 atom stereocenters. The van der Waals surface area contributed by atoms with Gasteiger partial charge in [-0.15, -0.1) is 11.6 Å². The molecule has 14 heavy (non-hydrogen) atoms. The molecule has 76 valence electrons. The topological polar surface area (TPSA) is 29.1 Å². The van der Waals surface area contributed by atoms with Gasteiger partial charge < -0.3 is 5.32 Å². The standard InChI is InChI=1S/C10H11BrClNO/c1-7-8(3-2-4-9(7)11)10(14)13-6-5-12/h2-4H,5-6H2,1H3,(H,13,14). The predicted octanol–water partition coefficient (Wildman–Crippen LogP) is 2.73. The summed E-state index contributed by atoms with van der Waals surface area (Å²) in [7, 11) is 0. The van der Waals surface area contributed by atoms with Crippen LogP contribution in [-0.4, -0.2) is 18.3 Å². The third-order valence-corrected chi connectivity index (χ3v) is 2.94. The molecule has 0 spiro atoms. The zero-order valence-electron chi connectivity index (χ0n) is 7.81. The van der Waals surface area contributed by atoms with Gasteiger partial charge in [-0.2, -0.15) is 0 Å². The van der Waals surface area contributed by atoms with Crippen LogP contribution in [0.5, 0.6) is 0 Å². The smallest absolute Gasteiger partial charge is 0.251 e. The molecule has 2 nitrogen and oxygen atoms in total. The van der Waals surface area contributed by atoms with E-state index in [9.17, 15) is 4.79 Å². The summed E-state index contributed by atoms with van der Waals surface area (Å²) in [5.74, 6) is 0.350. The van der Waals surface area contributed by atoms with Crippen molar-refractivity contribution in [3.63, 3.8) is 0 Å². The van der Waals surface area contributed by atoms with E-state index in [-0.39, 0.29) is 5.91 Å². The molecule has 0 radical (unpaired) electrons. The molecule has 0 aliphatic rings. The minimum atomic E-state index is -0.0792. The minimum Gasteiger partial charge on any atom is -0.351 e. The third kappa shape index (κ3) is 2.72. The van der Waals surface area contributed by atoms with Crippen LogP contribution in [0, 0.1) is 6.92 Å². The van der Waals surface area contributed by atoms with Gasteiger partial charge in [0.25, 0.3) is 5.91 Å². The molecule has 1 amide bonds. The van der Waals surface area contributed by atoms with Gasteiger partial charge in [0.05, 0.1) is 0 Å². The average molecular weight is 277 g/mol. The van der Waals surface area contributed by atoms with E-state index in [0.29, 0.717) is 18.0 Å². The maximum Gasteiger partial charge on any atom is 0.251 e. The molecule has 0 aromatic heterocycles. The summed E-state index contributed by atoms with van der Waals surface area (Å²) >= 11 is 8.86. The van der Waals surface area contributed by atoms with Gasteiger partial charge in [0.1, 0.15) is 0 Å². The van der Waals surface area contributed by atoms with Gasteiger partial charge in [-0.1, -0.05) is 22.0 Å². The Hall–Kier alpha value is -0.540. The van der Waals surface area contributed by atoms with Crippen molar-refractivity contribution < 1.29 is 4.79 Å². The number of halogens is 2. The molecule has 0 saturated carbocycles. The Labute approximate surface area is 96.8 Å². The number of nitrogens with one attached hydrogen (secondary N) is 1. The molecule has 0 aliphatic carbocycles. The number of amides is 1. The largest absolute Gasteiger partial charge is 0.351 e. The summed E-state index contributed by atoms with van der Waals surface area (Å²) in [6.45, 7) is 2.39. The van der Waals surface area contributed by atoms with Crippen molar-refractivity contribution in [1.29, 1.82) is 0 Å². The van der Waals surface area contributed by atoms with Gasteiger partial charge >= 0.3 is 0 Å². The van der Waals surface area contributed by atoms with Gasteiger partial charge in [0.15, 0.2) is 0 Å². The lowest BCUT2D eigenvalue weighted by Gasteiger charge is -2.07. The summed E-state index contributed by atoms with van der Waals surface area (Å²) in [5.41, 5.74) is 1.63. The highest BCUT2D eigenvalue weighted by atomic mass is 79.9. The second-order valence-electron chi connectivity index (χ2n) is 2.86. The normalized spacial score (nSPS) is 9.93. The number of hydrogen-bond donors (Lipinski definition) is 1. The van der Waals surface area contributed by atoms with Crippen LogP contribution in [0.15, 0.2) is 22.7 Å². The molecule has 0 fully saturated rings. The van der Waals surface area contributed by atoms with Gasteiger partial charge in [-0.05, 0) is 24.6 Å². The minimum absolute atomic E-state index is 0.0792. The van der Waals surface area contributed by atoms with Gasteiger partial charge in [-0.3, -0.25) is 4.79 Å². The summed E-state index contributed by atoms with van der Waals surface area (Å²) in [4.78, 5) is 11.6. The number of benzene rings is 1. The second-order valence-corrected chi connectivity index (χ2v) is 4.09. The Balaban J connectivity index is 2.84. The molecule has 0 unspecified atom stereocenters. The Morgan fingerprint density at radius 3 is 2.93 bits per heavy atom. The molecule has 1 aromatic carbocycles. The molecule has 1 aromatic rings.